The summed E-state index contributed by atoms with van der Waals surface area (Å²) in [6.45, 7) is 1.84. The van der Waals surface area contributed by atoms with Gasteiger partial charge in [-0.3, -0.25) is 14.5 Å². The van der Waals surface area contributed by atoms with E-state index in [0.717, 1.165) is 12.5 Å². The van der Waals surface area contributed by atoms with Crippen molar-refractivity contribution < 1.29 is 19.8 Å². The number of hydrogen-bond donors (Lipinski definition) is 2. The second-order valence-corrected chi connectivity index (χ2v) is 3.57. The Hall–Kier alpha value is -1.88. The summed E-state index contributed by atoms with van der Waals surface area (Å²) < 4.78 is 0. The van der Waals surface area contributed by atoms with Gasteiger partial charge in [0.2, 0.25) is 0 Å². The Morgan fingerprint density at radius 2 is 1.65 bits per heavy atom. The molecular weight excluding hydrogens is 222 g/mol. The van der Waals surface area contributed by atoms with Crippen molar-refractivity contribution in [3.05, 3.63) is 35.9 Å². The molecule has 0 aromatic heterocycles. The zero-order valence-electron chi connectivity index (χ0n) is 9.96. The van der Waals surface area contributed by atoms with E-state index in [0.29, 0.717) is 6.54 Å². The first-order valence-corrected chi connectivity index (χ1v) is 5.05. The number of aliphatic carboxylic acids is 2. The molecule has 0 radical (unpaired) electrons. The van der Waals surface area contributed by atoms with Gasteiger partial charge in [-0.2, -0.15) is 0 Å². The fourth-order valence-corrected chi connectivity index (χ4v) is 1.18. The molecule has 0 amide bonds. The summed E-state index contributed by atoms with van der Waals surface area (Å²) in [5.74, 6) is -1.63. The summed E-state index contributed by atoms with van der Waals surface area (Å²) in [7, 11) is 1.79. The molecule has 0 fully saturated rings. The van der Waals surface area contributed by atoms with Crippen molar-refractivity contribution in [2.75, 3.05) is 13.6 Å². The standard InChI is InChI=1S/C10H13NO2.C2H4O2/c1-11(8-10(12)13)7-9-5-3-2-4-6-9;1-2(3)4/h2-6H,7-8H2,1H3,(H,12,13);1H3,(H,3,4). The zero-order chi connectivity index (χ0) is 13.3. The molecule has 0 bridgehead atoms. The molecule has 1 aromatic rings. The molecule has 1 aromatic carbocycles. The van der Waals surface area contributed by atoms with Crippen LogP contribution in [-0.4, -0.2) is 40.6 Å². The molecule has 0 atom stereocenters. The first-order valence-electron chi connectivity index (χ1n) is 5.05. The Morgan fingerprint density at radius 1 is 1.18 bits per heavy atom. The number of carboxylic acid groups (broad SMARTS) is 2. The Labute approximate surface area is 100 Å². The number of nitrogens with zero attached hydrogens (tertiary/aromatic N) is 1. The smallest absolute Gasteiger partial charge is 0.317 e. The van der Waals surface area contributed by atoms with Gasteiger partial charge in [0, 0.05) is 13.5 Å². The average Bonchev–Trinajstić information content (AvgIpc) is 2.16. The van der Waals surface area contributed by atoms with Crippen LogP contribution >= 0.6 is 0 Å². The third kappa shape index (κ3) is 10.4. The molecule has 0 saturated carbocycles. The van der Waals surface area contributed by atoms with E-state index >= 15 is 0 Å². The van der Waals surface area contributed by atoms with E-state index in [2.05, 4.69) is 0 Å². The third-order valence-corrected chi connectivity index (χ3v) is 1.70. The third-order valence-electron chi connectivity index (χ3n) is 1.70. The van der Waals surface area contributed by atoms with Crippen LogP contribution in [0.2, 0.25) is 0 Å². The van der Waals surface area contributed by atoms with Gasteiger partial charge in [0.1, 0.15) is 0 Å². The van der Waals surface area contributed by atoms with Crippen molar-refractivity contribution in [1.82, 2.24) is 4.90 Å². The number of likely N-dealkylation sites (N-methyl/N-ethyl adjacent to an activating group) is 1. The molecule has 0 unspecified atom stereocenters. The van der Waals surface area contributed by atoms with Gasteiger partial charge >= 0.3 is 5.97 Å². The van der Waals surface area contributed by atoms with Crippen LogP contribution in [-0.2, 0) is 16.1 Å². The highest BCUT2D eigenvalue weighted by Crippen LogP contribution is 2.01. The molecule has 0 spiro atoms. The highest BCUT2D eigenvalue weighted by Gasteiger charge is 2.03. The van der Waals surface area contributed by atoms with Gasteiger partial charge in [-0.15, -0.1) is 0 Å². The van der Waals surface area contributed by atoms with Gasteiger partial charge in [0.25, 0.3) is 5.97 Å². The molecule has 1 rings (SSSR count). The Kier molecular flexibility index (Phi) is 7.38. The Balaban J connectivity index is 0.000000557. The predicted molar refractivity (Wildman–Crippen MR) is 63.7 cm³/mol. The van der Waals surface area contributed by atoms with Crippen molar-refractivity contribution >= 4 is 11.9 Å². The number of carboxylic acids is 2. The van der Waals surface area contributed by atoms with E-state index in [1.807, 2.05) is 30.3 Å². The second-order valence-electron chi connectivity index (χ2n) is 3.57. The minimum absolute atomic E-state index is 0.0783. The minimum atomic E-state index is -0.833. The van der Waals surface area contributed by atoms with Crippen LogP contribution in [0.4, 0.5) is 0 Å². The SMILES string of the molecule is CC(=O)O.CN(CC(=O)O)Cc1ccccc1. The lowest BCUT2D eigenvalue weighted by Gasteiger charge is -2.13. The fourth-order valence-electron chi connectivity index (χ4n) is 1.18. The van der Waals surface area contributed by atoms with Crippen LogP contribution in [0, 0.1) is 0 Å². The summed E-state index contributed by atoms with van der Waals surface area (Å²) in [6.07, 6.45) is 0. The molecule has 0 heterocycles. The molecular formula is C12H17NO4. The van der Waals surface area contributed by atoms with Gasteiger partial charge in [0.15, 0.2) is 0 Å². The van der Waals surface area contributed by atoms with Crippen LogP contribution in [0.5, 0.6) is 0 Å². The van der Waals surface area contributed by atoms with Crippen molar-refractivity contribution in [3.8, 4) is 0 Å². The topological polar surface area (TPSA) is 77.8 Å². The molecule has 2 N–H and O–H groups in total. The minimum Gasteiger partial charge on any atom is -0.481 e. The van der Waals surface area contributed by atoms with E-state index in [4.69, 9.17) is 15.0 Å². The molecule has 0 aliphatic rings. The lowest BCUT2D eigenvalue weighted by Crippen LogP contribution is -2.24. The van der Waals surface area contributed by atoms with Crippen molar-refractivity contribution in [3.63, 3.8) is 0 Å². The Morgan fingerprint density at radius 3 is 2.06 bits per heavy atom. The fraction of sp³-hybridized carbons (Fsp3) is 0.333. The molecule has 0 aliphatic heterocycles. The summed E-state index contributed by atoms with van der Waals surface area (Å²) >= 11 is 0. The van der Waals surface area contributed by atoms with Gasteiger partial charge in [-0.1, -0.05) is 30.3 Å². The van der Waals surface area contributed by atoms with E-state index in [1.165, 1.54) is 0 Å². The molecule has 5 nitrogen and oxygen atoms in total. The van der Waals surface area contributed by atoms with E-state index < -0.39 is 11.9 Å². The summed E-state index contributed by atoms with van der Waals surface area (Å²) in [5, 5.41) is 15.9. The lowest BCUT2D eigenvalue weighted by molar-refractivity contribution is -0.138. The largest absolute Gasteiger partial charge is 0.481 e. The van der Waals surface area contributed by atoms with Gasteiger partial charge in [0.05, 0.1) is 6.54 Å². The summed E-state index contributed by atoms with van der Waals surface area (Å²) in [5.41, 5.74) is 1.13. The van der Waals surface area contributed by atoms with Crippen LogP contribution < -0.4 is 0 Å². The van der Waals surface area contributed by atoms with Gasteiger partial charge in [-0.25, -0.2) is 0 Å². The summed E-state index contributed by atoms with van der Waals surface area (Å²) in [4.78, 5) is 21.1. The number of benzene rings is 1. The quantitative estimate of drug-likeness (QED) is 0.828. The second kappa shape index (κ2) is 8.29. The molecule has 0 saturated heterocycles. The zero-order valence-corrected chi connectivity index (χ0v) is 9.96. The van der Waals surface area contributed by atoms with E-state index in [-0.39, 0.29) is 6.54 Å². The van der Waals surface area contributed by atoms with Crippen LogP contribution in [0.25, 0.3) is 0 Å². The summed E-state index contributed by atoms with van der Waals surface area (Å²) in [6, 6.07) is 9.81. The lowest BCUT2D eigenvalue weighted by atomic mass is 10.2. The maximum Gasteiger partial charge on any atom is 0.317 e. The normalized spacial score (nSPS) is 9.35. The van der Waals surface area contributed by atoms with Gasteiger partial charge in [-0.05, 0) is 12.6 Å². The van der Waals surface area contributed by atoms with Crippen molar-refractivity contribution in [2.45, 2.75) is 13.5 Å². The predicted octanol–water partition coefficient (Wildman–Crippen LogP) is 1.29. The molecule has 5 heteroatoms. The van der Waals surface area contributed by atoms with E-state index in [9.17, 15) is 4.79 Å². The highest BCUT2D eigenvalue weighted by molar-refractivity contribution is 5.69. The first-order chi connectivity index (χ1) is 7.91. The van der Waals surface area contributed by atoms with Crippen LogP contribution in [0.1, 0.15) is 12.5 Å². The molecule has 94 valence electrons. The Bertz CT molecular complexity index is 347. The van der Waals surface area contributed by atoms with Crippen molar-refractivity contribution in [1.29, 1.82) is 0 Å². The van der Waals surface area contributed by atoms with Crippen molar-refractivity contribution in [2.24, 2.45) is 0 Å². The maximum absolute atomic E-state index is 10.4. The maximum atomic E-state index is 10.4. The van der Waals surface area contributed by atoms with E-state index in [1.54, 1.807) is 11.9 Å². The average molecular weight is 239 g/mol. The van der Waals surface area contributed by atoms with Crippen LogP contribution in [0.3, 0.4) is 0 Å². The van der Waals surface area contributed by atoms with Gasteiger partial charge < -0.3 is 10.2 Å². The van der Waals surface area contributed by atoms with Crippen LogP contribution in [0.15, 0.2) is 30.3 Å². The first kappa shape index (κ1) is 15.1. The molecule has 17 heavy (non-hydrogen) atoms. The number of rotatable bonds is 4. The highest BCUT2D eigenvalue weighted by atomic mass is 16.4. The number of hydrogen-bond acceptors (Lipinski definition) is 3. The monoisotopic (exact) mass is 239 g/mol. The molecule has 0 aliphatic carbocycles. The number of carbonyl (C=O) groups is 2.